The summed E-state index contributed by atoms with van der Waals surface area (Å²) in [5, 5.41) is 11.0. The highest BCUT2D eigenvalue weighted by atomic mass is 19.1. The number of nitro groups is 1. The number of nitrogens with zero attached hydrogens (tertiary/aromatic N) is 2. The normalized spacial score (nSPS) is 18.4. The molecule has 114 valence electrons. The summed E-state index contributed by atoms with van der Waals surface area (Å²) in [7, 11) is 0. The molecule has 0 aliphatic carbocycles. The summed E-state index contributed by atoms with van der Waals surface area (Å²) in [6, 6.07) is 1.74. The third-order valence-corrected chi connectivity index (χ3v) is 3.20. The fourth-order valence-electron chi connectivity index (χ4n) is 2.17. The number of rotatable bonds is 3. The first-order chi connectivity index (χ1) is 9.93. The molecule has 3 N–H and O–H groups in total. The zero-order valence-corrected chi connectivity index (χ0v) is 11.3. The van der Waals surface area contributed by atoms with Gasteiger partial charge in [-0.3, -0.25) is 20.8 Å². The fraction of sp³-hybridized carbons (Fsp3) is 0.417. The summed E-state index contributed by atoms with van der Waals surface area (Å²) in [6.07, 6.45) is -0.158. The largest absolute Gasteiger partial charge is 0.375 e. The zero-order chi connectivity index (χ0) is 15.6. The average Bonchev–Trinajstić information content (AvgIpc) is 2.46. The number of amides is 1. The van der Waals surface area contributed by atoms with E-state index in [0.29, 0.717) is 25.8 Å². The highest BCUT2D eigenvalue weighted by Gasteiger charge is 2.29. The van der Waals surface area contributed by atoms with Crippen molar-refractivity contribution in [3.05, 3.63) is 33.6 Å². The van der Waals surface area contributed by atoms with Crippen LogP contribution in [0.1, 0.15) is 17.3 Å². The number of nitrogens with two attached hydrogens (primary N) is 1. The molecule has 1 amide bonds. The molecular formula is C12H15FN4O4. The maximum absolute atomic E-state index is 13.6. The number of nitro benzene ring substituents is 1. The molecule has 2 rings (SSSR count). The number of halogens is 1. The molecule has 8 nitrogen and oxygen atoms in total. The molecule has 1 aromatic rings. The van der Waals surface area contributed by atoms with Gasteiger partial charge in [-0.2, -0.15) is 0 Å². The van der Waals surface area contributed by atoms with Crippen molar-refractivity contribution in [1.29, 1.82) is 0 Å². The van der Waals surface area contributed by atoms with Crippen molar-refractivity contribution < 1.29 is 18.8 Å². The number of nitrogens with one attached hydrogen (secondary N) is 1. The minimum absolute atomic E-state index is 0.158. The summed E-state index contributed by atoms with van der Waals surface area (Å²) in [5.41, 5.74) is 1.11. The number of benzene rings is 1. The van der Waals surface area contributed by atoms with Gasteiger partial charge in [0.2, 0.25) is 0 Å². The van der Waals surface area contributed by atoms with Crippen LogP contribution in [0.2, 0.25) is 0 Å². The maximum atomic E-state index is 13.6. The van der Waals surface area contributed by atoms with Gasteiger partial charge < -0.3 is 15.1 Å². The molecule has 1 atom stereocenters. The van der Waals surface area contributed by atoms with E-state index in [1.165, 1.54) is 4.90 Å². The number of hydrogen-bond acceptors (Lipinski definition) is 6. The SMILES string of the molecule is CC1CN(C(=O)c2cc(NN)c(F)cc2[N+](=O)[O-])CCO1. The topological polar surface area (TPSA) is 111 Å². The van der Waals surface area contributed by atoms with E-state index in [-0.39, 0.29) is 17.4 Å². The van der Waals surface area contributed by atoms with Crippen LogP contribution in [0.4, 0.5) is 15.8 Å². The van der Waals surface area contributed by atoms with Crippen molar-refractivity contribution in [2.75, 3.05) is 25.1 Å². The summed E-state index contributed by atoms with van der Waals surface area (Å²) < 4.78 is 18.9. The highest BCUT2D eigenvalue weighted by Crippen LogP contribution is 2.27. The van der Waals surface area contributed by atoms with Crippen molar-refractivity contribution in [3.8, 4) is 0 Å². The number of ether oxygens (including phenoxy) is 1. The second-order valence-corrected chi connectivity index (χ2v) is 4.68. The third kappa shape index (κ3) is 3.09. The Kier molecular flexibility index (Phi) is 4.34. The second-order valence-electron chi connectivity index (χ2n) is 4.68. The van der Waals surface area contributed by atoms with E-state index in [1.54, 1.807) is 6.92 Å². The van der Waals surface area contributed by atoms with Gasteiger partial charge >= 0.3 is 0 Å². The summed E-state index contributed by atoms with van der Waals surface area (Å²) in [5.74, 6) is 3.70. The lowest BCUT2D eigenvalue weighted by atomic mass is 10.1. The Morgan fingerprint density at radius 2 is 2.33 bits per heavy atom. The summed E-state index contributed by atoms with van der Waals surface area (Å²) >= 11 is 0. The van der Waals surface area contributed by atoms with E-state index in [9.17, 15) is 19.3 Å². The first-order valence-electron chi connectivity index (χ1n) is 6.29. The van der Waals surface area contributed by atoms with Crippen molar-refractivity contribution in [2.24, 2.45) is 5.84 Å². The third-order valence-electron chi connectivity index (χ3n) is 3.20. The van der Waals surface area contributed by atoms with Crippen molar-refractivity contribution in [2.45, 2.75) is 13.0 Å². The Labute approximate surface area is 119 Å². The number of nitrogen functional groups attached to an aromatic ring is 1. The Hall–Kier alpha value is -2.26. The summed E-state index contributed by atoms with van der Waals surface area (Å²) in [6.45, 7) is 2.79. The van der Waals surface area contributed by atoms with E-state index >= 15 is 0 Å². The predicted octanol–water partition coefficient (Wildman–Crippen LogP) is 0.880. The van der Waals surface area contributed by atoms with Crippen LogP contribution in [0.3, 0.4) is 0 Å². The van der Waals surface area contributed by atoms with Crippen LogP contribution in [0.5, 0.6) is 0 Å². The molecule has 0 aromatic heterocycles. The van der Waals surface area contributed by atoms with Crippen LogP contribution < -0.4 is 11.3 Å². The smallest absolute Gasteiger partial charge is 0.285 e. The number of carbonyl (C=O) groups is 1. The minimum atomic E-state index is -0.893. The predicted molar refractivity (Wildman–Crippen MR) is 72.2 cm³/mol. The molecule has 1 fully saturated rings. The van der Waals surface area contributed by atoms with Crippen LogP contribution in [-0.4, -0.2) is 41.5 Å². The van der Waals surface area contributed by atoms with E-state index in [4.69, 9.17) is 10.6 Å². The average molecular weight is 298 g/mol. The van der Waals surface area contributed by atoms with E-state index in [2.05, 4.69) is 5.43 Å². The van der Waals surface area contributed by atoms with E-state index in [0.717, 1.165) is 6.07 Å². The van der Waals surface area contributed by atoms with E-state index in [1.807, 2.05) is 0 Å². The number of hydrogen-bond donors (Lipinski definition) is 2. The van der Waals surface area contributed by atoms with Gasteiger partial charge in [0.1, 0.15) is 5.56 Å². The van der Waals surface area contributed by atoms with Crippen molar-refractivity contribution >= 4 is 17.3 Å². The minimum Gasteiger partial charge on any atom is -0.375 e. The van der Waals surface area contributed by atoms with Gasteiger partial charge in [-0.1, -0.05) is 0 Å². The van der Waals surface area contributed by atoms with Gasteiger partial charge in [-0.25, -0.2) is 4.39 Å². The van der Waals surface area contributed by atoms with E-state index < -0.39 is 22.3 Å². The maximum Gasteiger partial charge on any atom is 0.285 e. The molecule has 0 bridgehead atoms. The van der Waals surface area contributed by atoms with Gasteiger partial charge in [0, 0.05) is 13.1 Å². The van der Waals surface area contributed by atoms with Crippen molar-refractivity contribution in [3.63, 3.8) is 0 Å². The van der Waals surface area contributed by atoms with Gasteiger partial charge in [0.05, 0.1) is 29.4 Å². The van der Waals surface area contributed by atoms with Gasteiger partial charge in [-0.05, 0) is 13.0 Å². The molecular weight excluding hydrogens is 283 g/mol. The lowest BCUT2D eigenvalue weighted by Gasteiger charge is -2.31. The lowest BCUT2D eigenvalue weighted by molar-refractivity contribution is -0.385. The number of anilines is 1. The van der Waals surface area contributed by atoms with Crippen LogP contribution in [0.25, 0.3) is 0 Å². The Balaban J connectivity index is 2.40. The first-order valence-corrected chi connectivity index (χ1v) is 6.29. The molecule has 0 saturated carbocycles. The molecule has 9 heteroatoms. The Bertz CT molecular complexity index is 581. The van der Waals surface area contributed by atoms with Crippen molar-refractivity contribution in [1.82, 2.24) is 4.90 Å². The molecule has 1 unspecified atom stereocenters. The zero-order valence-electron chi connectivity index (χ0n) is 11.3. The number of carbonyl (C=O) groups excluding carboxylic acids is 1. The quantitative estimate of drug-likeness (QED) is 0.487. The van der Waals surface area contributed by atoms with Crippen LogP contribution in [0.15, 0.2) is 12.1 Å². The Morgan fingerprint density at radius 3 is 2.90 bits per heavy atom. The molecule has 0 spiro atoms. The first kappa shape index (κ1) is 15.1. The standard InChI is InChI=1S/C12H15FN4O4/c1-7-6-16(2-3-21-7)12(18)8-4-10(15-14)9(13)5-11(8)17(19)20/h4-5,7,15H,2-3,6,14H2,1H3. The molecule has 21 heavy (non-hydrogen) atoms. The molecule has 1 aliphatic heterocycles. The number of hydrazine groups is 1. The molecule has 1 heterocycles. The van der Waals surface area contributed by atoms with Gasteiger partial charge in [0.15, 0.2) is 5.82 Å². The number of morpholine rings is 1. The molecule has 0 radical (unpaired) electrons. The fourth-order valence-corrected chi connectivity index (χ4v) is 2.17. The van der Waals surface area contributed by atoms with Gasteiger partial charge in [-0.15, -0.1) is 0 Å². The van der Waals surface area contributed by atoms with Crippen LogP contribution in [-0.2, 0) is 4.74 Å². The molecule has 1 aliphatic rings. The summed E-state index contributed by atoms with van der Waals surface area (Å²) in [4.78, 5) is 24.1. The lowest BCUT2D eigenvalue weighted by Crippen LogP contribution is -2.44. The Morgan fingerprint density at radius 1 is 1.62 bits per heavy atom. The van der Waals surface area contributed by atoms with Crippen LogP contribution >= 0.6 is 0 Å². The van der Waals surface area contributed by atoms with Crippen LogP contribution in [0, 0.1) is 15.9 Å². The second kappa shape index (κ2) is 6.02. The highest BCUT2D eigenvalue weighted by molar-refractivity contribution is 5.99. The molecule has 1 saturated heterocycles. The monoisotopic (exact) mass is 298 g/mol. The molecule has 1 aromatic carbocycles. The van der Waals surface area contributed by atoms with Gasteiger partial charge in [0.25, 0.3) is 11.6 Å².